The van der Waals surface area contributed by atoms with Gasteiger partial charge in [-0.25, -0.2) is 0 Å². The van der Waals surface area contributed by atoms with Crippen molar-refractivity contribution < 1.29 is 4.74 Å². The van der Waals surface area contributed by atoms with Gasteiger partial charge in [0.25, 0.3) is 0 Å². The van der Waals surface area contributed by atoms with E-state index in [1.165, 1.54) is 16.8 Å². The normalized spacial score (nSPS) is 35.3. The van der Waals surface area contributed by atoms with Crippen molar-refractivity contribution in [1.82, 2.24) is 0 Å². The van der Waals surface area contributed by atoms with E-state index in [9.17, 15) is 0 Å². The first-order chi connectivity index (χ1) is 9.99. The van der Waals surface area contributed by atoms with E-state index >= 15 is 0 Å². The summed E-state index contributed by atoms with van der Waals surface area (Å²) in [6.45, 7) is 7.91. The van der Waals surface area contributed by atoms with Crippen molar-refractivity contribution >= 4 is 5.69 Å². The van der Waals surface area contributed by atoms with Crippen molar-refractivity contribution in [2.75, 3.05) is 25.6 Å². The number of ether oxygens (including phenoxy) is 1. The summed E-state index contributed by atoms with van der Waals surface area (Å²) >= 11 is 0. The van der Waals surface area contributed by atoms with Gasteiger partial charge in [-0.1, -0.05) is 37.6 Å². The molecule has 2 nitrogen and oxygen atoms in total. The SMILES string of the molecule is CC1=C[C@@H](C)[C@@H]2CO[C@H](c3ccc(N(C)C)cc3)[C@@H]1[C@@H]2C. The highest BCUT2D eigenvalue weighted by atomic mass is 16.5. The lowest BCUT2D eigenvalue weighted by Gasteiger charge is -2.47. The van der Waals surface area contributed by atoms with E-state index in [1.54, 1.807) is 0 Å². The van der Waals surface area contributed by atoms with E-state index in [4.69, 9.17) is 4.74 Å². The Labute approximate surface area is 128 Å². The smallest absolute Gasteiger partial charge is 0.0892 e. The Balaban J connectivity index is 1.90. The number of nitrogens with zero attached hydrogens (tertiary/aromatic N) is 1. The van der Waals surface area contributed by atoms with Crippen LogP contribution in [0.3, 0.4) is 0 Å². The Bertz CT molecular complexity index is 531. The molecule has 1 heterocycles. The molecule has 1 aliphatic heterocycles. The van der Waals surface area contributed by atoms with E-state index in [0.717, 1.165) is 6.61 Å². The fraction of sp³-hybridized carbons (Fsp3) is 0.579. The summed E-state index contributed by atoms with van der Waals surface area (Å²) in [7, 11) is 4.16. The molecule has 2 aliphatic rings. The van der Waals surface area contributed by atoms with E-state index in [1.807, 2.05) is 0 Å². The second kappa shape index (κ2) is 5.49. The first-order valence-corrected chi connectivity index (χ1v) is 8.06. The fourth-order valence-electron chi connectivity index (χ4n) is 4.21. The van der Waals surface area contributed by atoms with E-state index < -0.39 is 0 Å². The Morgan fingerprint density at radius 3 is 2.38 bits per heavy atom. The quantitative estimate of drug-likeness (QED) is 0.752. The van der Waals surface area contributed by atoms with Crippen LogP contribution < -0.4 is 4.90 Å². The number of anilines is 1. The Kier molecular flexibility index (Phi) is 3.83. The van der Waals surface area contributed by atoms with Gasteiger partial charge in [-0.3, -0.25) is 0 Å². The van der Waals surface area contributed by atoms with Crippen molar-refractivity contribution in [2.45, 2.75) is 26.9 Å². The number of hydrogen-bond acceptors (Lipinski definition) is 2. The standard InChI is InChI=1S/C19H27NO/c1-12-10-13(2)18-14(3)17(12)11-21-19(18)15-6-8-16(9-7-15)20(4)5/h6-10,12,14,17-19H,11H2,1-5H3/t12-,14-,17+,18+,19-/m1/s1. The molecule has 1 aromatic rings. The topological polar surface area (TPSA) is 12.5 Å². The van der Waals surface area contributed by atoms with E-state index in [0.29, 0.717) is 23.7 Å². The van der Waals surface area contributed by atoms with Crippen molar-refractivity contribution in [1.29, 1.82) is 0 Å². The van der Waals surface area contributed by atoms with Crippen molar-refractivity contribution in [3.8, 4) is 0 Å². The van der Waals surface area contributed by atoms with E-state index in [2.05, 4.69) is 70.1 Å². The molecular formula is C19H27NO. The third-order valence-electron chi connectivity index (χ3n) is 5.50. The van der Waals surface area contributed by atoms with Crippen molar-refractivity contribution in [3.05, 3.63) is 41.5 Å². The third kappa shape index (κ3) is 2.50. The lowest BCUT2D eigenvalue weighted by molar-refractivity contribution is -0.0934. The van der Waals surface area contributed by atoms with Gasteiger partial charge < -0.3 is 9.64 Å². The average Bonchev–Trinajstić information content (AvgIpc) is 2.44. The highest BCUT2D eigenvalue weighted by molar-refractivity contribution is 5.46. The molecule has 0 N–H and O–H groups in total. The molecule has 21 heavy (non-hydrogen) atoms. The van der Waals surface area contributed by atoms with Crippen LogP contribution in [0, 0.1) is 23.7 Å². The maximum Gasteiger partial charge on any atom is 0.0892 e. The molecule has 1 fully saturated rings. The molecule has 0 radical (unpaired) electrons. The molecule has 0 saturated carbocycles. The van der Waals surface area contributed by atoms with Gasteiger partial charge in [-0.2, -0.15) is 0 Å². The van der Waals surface area contributed by atoms with Crippen molar-refractivity contribution in [3.63, 3.8) is 0 Å². The zero-order chi connectivity index (χ0) is 15.1. The van der Waals surface area contributed by atoms with Gasteiger partial charge in [0, 0.05) is 25.7 Å². The number of hydrogen-bond donors (Lipinski definition) is 0. The summed E-state index contributed by atoms with van der Waals surface area (Å²) in [6.07, 6.45) is 2.69. The summed E-state index contributed by atoms with van der Waals surface area (Å²) in [4.78, 5) is 2.14. The molecule has 1 aromatic carbocycles. The summed E-state index contributed by atoms with van der Waals surface area (Å²) in [5, 5.41) is 0. The highest BCUT2D eigenvalue weighted by Crippen LogP contribution is 2.49. The fourth-order valence-corrected chi connectivity index (χ4v) is 4.21. The van der Waals surface area contributed by atoms with Crippen LogP contribution in [0.15, 0.2) is 35.9 Å². The number of allylic oxidation sites excluding steroid dienone is 1. The second-order valence-electron chi connectivity index (χ2n) is 7.06. The lowest BCUT2D eigenvalue weighted by Crippen LogP contribution is -2.42. The highest BCUT2D eigenvalue weighted by Gasteiger charge is 2.43. The van der Waals surface area contributed by atoms with Gasteiger partial charge in [0.05, 0.1) is 12.7 Å². The van der Waals surface area contributed by atoms with Gasteiger partial charge in [0.2, 0.25) is 0 Å². The summed E-state index contributed by atoms with van der Waals surface area (Å²) in [5.74, 6) is 2.56. The monoisotopic (exact) mass is 285 g/mol. The van der Waals surface area contributed by atoms with Crippen LogP contribution in [-0.4, -0.2) is 20.7 Å². The molecule has 0 spiro atoms. The van der Waals surface area contributed by atoms with Crippen LogP contribution >= 0.6 is 0 Å². The van der Waals surface area contributed by atoms with Crippen LogP contribution in [0.4, 0.5) is 5.69 Å². The number of rotatable bonds is 2. The molecule has 3 rings (SSSR count). The van der Waals surface area contributed by atoms with Gasteiger partial charge in [-0.05, 0) is 42.4 Å². The van der Waals surface area contributed by atoms with Gasteiger partial charge in [-0.15, -0.1) is 0 Å². The second-order valence-corrected chi connectivity index (χ2v) is 7.06. The average molecular weight is 285 g/mol. The van der Waals surface area contributed by atoms with Gasteiger partial charge >= 0.3 is 0 Å². The zero-order valence-electron chi connectivity index (χ0n) is 13.8. The summed E-state index contributed by atoms with van der Waals surface area (Å²) < 4.78 is 6.29. The molecule has 0 unspecified atom stereocenters. The predicted molar refractivity (Wildman–Crippen MR) is 88.5 cm³/mol. The minimum Gasteiger partial charge on any atom is -0.378 e. The maximum atomic E-state index is 6.29. The molecular weight excluding hydrogens is 258 g/mol. The molecule has 2 heteroatoms. The van der Waals surface area contributed by atoms with E-state index in [-0.39, 0.29) is 6.10 Å². The zero-order valence-corrected chi connectivity index (χ0v) is 13.8. The predicted octanol–water partition coefficient (Wildman–Crippen LogP) is 4.29. The molecule has 0 aromatic heterocycles. The molecule has 1 saturated heterocycles. The van der Waals surface area contributed by atoms with Crippen molar-refractivity contribution in [2.24, 2.45) is 23.7 Å². The molecule has 1 aliphatic carbocycles. The Hall–Kier alpha value is -1.28. The number of fused-ring (bicyclic) bond motifs is 2. The Morgan fingerprint density at radius 1 is 1.10 bits per heavy atom. The number of benzene rings is 1. The molecule has 2 bridgehead atoms. The lowest BCUT2D eigenvalue weighted by atomic mass is 9.64. The van der Waals surface area contributed by atoms with Gasteiger partial charge in [0.15, 0.2) is 0 Å². The first kappa shape index (κ1) is 14.6. The van der Waals surface area contributed by atoms with Gasteiger partial charge in [0.1, 0.15) is 0 Å². The first-order valence-electron chi connectivity index (χ1n) is 8.06. The summed E-state index contributed by atoms with van der Waals surface area (Å²) in [6, 6.07) is 8.86. The molecule has 5 atom stereocenters. The largest absolute Gasteiger partial charge is 0.378 e. The van der Waals surface area contributed by atoms with Crippen LogP contribution in [0.25, 0.3) is 0 Å². The molecule has 0 amide bonds. The third-order valence-corrected chi connectivity index (χ3v) is 5.50. The van der Waals surface area contributed by atoms with Crippen LogP contribution in [-0.2, 0) is 4.74 Å². The Morgan fingerprint density at radius 2 is 1.76 bits per heavy atom. The van der Waals surface area contributed by atoms with Crippen LogP contribution in [0.1, 0.15) is 32.4 Å². The van der Waals surface area contributed by atoms with Crippen LogP contribution in [0.2, 0.25) is 0 Å². The van der Waals surface area contributed by atoms with Crippen LogP contribution in [0.5, 0.6) is 0 Å². The summed E-state index contributed by atoms with van der Waals surface area (Å²) in [5.41, 5.74) is 4.07. The molecule has 114 valence electrons. The minimum absolute atomic E-state index is 0.219. The maximum absolute atomic E-state index is 6.29. The minimum atomic E-state index is 0.219.